The van der Waals surface area contributed by atoms with Gasteiger partial charge < -0.3 is 9.84 Å². The van der Waals surface area contributed by atoms with Crippen LogP contribution in [0.2, 0.25) is 0 Å². The minimum atomic E-state index is -4.51. The van der Waals surface area contributed by atoms with Gasteiger partial charge in [0.2, 0.25) is 9.84 Å². The lowest BCUT2D eigenvalue weighted by Crippen LogP contribution is -2.41. The molecule has 0 bridgehead atoms. The van der Waals surface area contributed by atoms with Gasteiger partial charge in [-0.2, -0.15) is 13.2 Å². The smallest absolute Gasteiger partial charge is 0.398 e. The number of phenolic OH excluding ortho intramolecular Hbond substituents is 1. The minimum Gasteiger partial charge on any atom is -0.508 e. The zero-order valence-electron chi connectivity index (χ0n) is 19.2. The highest BCUT2D eigenvalue weighted by Crippen LogP contribution is 2.44. The maximum Gasteiger partial charge on any atom is 0.398 e. The van der Waals surface area contributed by atoms with E-state index in [1.807, 2.05) is 0 Å². The molecule has 0 heterocycles. The monoisotopic (exact) mass is 512 g/mol. The largest absolute Gasteiger partial charge is 0.508 e. The summed E-state index contributed by atoms with van der Waals surface area (Å²) in [6.45, 7) is 1.13. The standard InChI is InChI=1S/C28H23F3O4S/c1-27(28(29,30)31,21-9-11-22(32)12-10-21)19-20-7-13-23(14-8-20)35-24-15-17-26(18-16-24)36(33,34)25-5-3-2-4-6-25/h2-18,32H,19H2,1H3. The van der Waals surface area contributed by atoms with Crippen molar-refractivity contribution in [1.29, 1.82) is 0 Å². The van der Waals surface area contributed by atoms with Gasteiger partial charge in [0.25, 0.3) is 0 Å². The molecular weight excluding hydrogens is 489 g/mol. The molecule has 1 atom stereocenters. The summed E-state index contributed by atoms with van der Waals surface area (Å²) in [7, 11) is -3.65. The summed E-state index contributed by atoms with van der Waals surface area (Å²) in [6.07, 6.45) is -4.81. The Balaban J connectivity index is 1.49. The van der Waals surface area contributed by atoms with Crippen molar-refractivity contribution in [2.75, 3.05) is 0 Å². The molecule has 0 saturated carbocycles. The van der Waals surface area contributed by atoms with Gasteiger partial charge in [0.05, 0.1) is 15.2 Å². The molecule has 0 radical (unpaired) electrons. The van der Waals surface area contributed by atoms with E-state index in [1.165, 1.54) is 60.7 Å². The Kier molecular flexibility index (Phi) is 6.82. The van der Waals surface area contributed by atoms with Gasteiger partial charge in [-0.3, -0.25) is 0 Å². The molecule has 0 aliphatic carbocycles. The van der Waals surface area contributed by atoms with Crippen molar-refractivity contribution < 1.29 is 31.4 Å². The number of ether oxygens (including phenoxy) is 1. The summed E-state index contributed by atoms with van der Waals surface area (Å²) >= 11 is 0. The first-order valence-electron chi connectivity index (χ1n) is 11.0. The summed E-state index contributed by atoms with van der Waals surface area (Å²) in [6, 6.07) is 25.3. The van der Waals surface area contributed by atoms with Gasteiger partial charge in [-0.25, -0.2) is 8.42 Å². The van der Waals surface area contributed by atoms with Crippen molar-refractivity contribution in [2.24, 2.45) is 0 Å². The Morgan fingerprint density at radius 3 is 1.75 bits per heavy atom. The van der Waals surface area contributed by atoms with Crippen molar-refractivity contribution >= 4 is 9.84 Å². The number of alkyl halides is 3. The summed E-state index contributed by atoms with van der Waals surface area (Å²) in [5.74, 6) is 0.685. The third kappa shape index (κ3) is 5.23. The molecule has 0 aliphatic heterocycles. The molecule has 0 spiro atoms. The third-order valence-corrected chi connectivity index (χ3v) is 7.82. The highest BCUT2D eigenvalue weighted by Gasteiger charge is 2.52. The van der Waals surface area contributed by atoms with E-state index >= 15 is 0 Å². The van der Waals surface area contributed by atoms with Gasteiger partial charge >= 0.3 is 6.18 Å². The lowest BCUT2D eigenvalue weighted by molar-refractivity contribution is -0.185. The van der Waals surface area contributed by atoms with Crippen molar-refractivity contribution in [1.82, 2.24) is 0 Å². The number of rotatable bonds is 7. The van der Waals surface area contributed by atoms with Gasteiger partial charge in [-0.15, -0.1) is 0 Å². The Bertz CT molecular complexity index is 1420. The quantitative estimate of drug-likeness (QED) is 0.287. The number of benzene rings is 4. The molecule has 4 rings (SSSR count). The average molecular weight is 513 g/mol. The number of phenols is 1. The molecule has 36 heavy (non-hydrogen) atoms. The van der Waals surface area contributed by atoms with Crippen LogP contribution in [0.25, 0.3) is 0 Å². The van der Waals surface area contributed by atoms with Crippen LogP contribution in [0.15, 0.2) is 113 Å². The maximum absolute atomic E-state index is 14.0. The molecule has 0 aliphatic rings. The van der Waals surface area contributed by atoms with Gasteiger partial charge in [-0.1, -0.05) is 42.5 Å². The van der Waals surface area contributed by atoms with Gasteiger partial charge in [0.15, 0.2) is 0 Å². The van der Waals surface area contributed by atoms with Crippen molar-refractivity contribution in [3.8, 4) is 17.2 Å². The summed E-state index contributed by atoms with van der Waals surface area (Å²) in [5, 5.41) is 9.45. The molecule has 0 aromatic heterocycles. The Hall–Kier alpha value is -3.78. The second-order valence-corrected chi connectivity index (χ2v) is 10.5. The van der Waals surface area contributed by atoms with Crippen molar-refractivity contribution in [3.05, 3.63) is 114 Å². The van der Waals surface area contributed by atoms with Gasteiger partial charge in [0.1, 0.15) is 17.2 Å². The zero-order chi connectivity index (χ0) is 26.0. The summed E-state index contributed by atoms with van der Waals surface area (Å²) < 4.78 is 73.3. The predicted octanol–water partition coefficient (Wildman–Crippen LogP) is 7.08. The highest BCUT2D eigenvalue weighted by molar-refractivity contribution is 7.91. The van der Waals surface area contributed by atoms with E-state index in [0.29, 0.717) is 17.1 Å². The lowest BCUT2D eigenvalue weighted by Gasteiger charge is -2.33. The predicted molar refractivity (Wildman–Crippen MR) is 130 cm³/mol. The summed E-state index contributed by atoms with van der Waals surface area (Å²) in [4.78, 5) is 0.310. The van der Waals surface area contributed by atoms with Crippen LogP contribution < -0.4 is 4.74 Å². The topological polar surface area (TPSA) is 63.6 Å². The molecule has 0 amide bonds. The second kappa shape index (κ2) is 9.70. The Morgan fingerprint density at radius 1 is 0.722 bits per heavy atom. The van der Waals surface area contributed by atoms with Gasteiger partial charge in [-0.05, 0) is 85.1 Å². The number of hydrogen-bond donors (Lipinski definition) is 1. The maximum atomic E-state index is 14.0. The van der Waals surface area contributed by atoms with Crippen LogP contribution in [-0.4, -0.2) is 19.7 Å². The second-order valence-electron chi connectivity index (χ2n) is 8.59. The molecule has 4 aromatic carbocycles. The zero-order valence-corrected chi connectivity index (χ0v) is 20.1. The Labute approximate surface area is 207 Å². The van der Waals surface area contributed by atoms with Crippen LogP contribution in [0.4, 0.5) is 13.2 Å². The first-order chi connectivity index (χ1) is 17.0. The fourth-order valence-corrected chi connectivity index (χ4v) is 5.12. The normalized spacial score (nSPS) is 13.7. The lowest BCUT2D eigenvalue weighted by atomic mass is 9.76. The fourth-order valence-electron chi connectivity index (χ4n) is 3.84. The molecule has 0 fully saturated rings. The van der Waals surface area contributed by atoms with Crippen molar-refractivity contribution in [2.45, 2.75) is 34.7 Å². The Morgan fingerprint density at radius 2 is 1.22 bits per heavy atom. The summed E-state index contributed by atoms with van der Waals surface area (Å²) in [5.41, 5.74) is -1.64. The van der Waals surface area contributed by atoms with E-state index in [-0.39, 0.29) is 27.5 Å². The van der Waals surface area contributed by atoms with Crippen LogP contribution in [0.1, 0.15) is 18.1 Å². The van der Waals surface area contributed by atoms with Crippen LogP contribution in [0.5, 0.6) is 17.2 Å². The van der Waals surface area contributed by atoms with Crippen LogP contribution >= 0.6 is 0 Å². The van der Waals surface area contributed by atoms with E-state index < -0.39 is 21.4 Å². The first-order valence-corrected chi connectivity index (χ1v) is 12.5. The van der Waals surface area contributed by atoms with Crippen molar-refractivity contribution in [3.63, 3.8) is 0 Å². The van der Waals surface area contributed by atoms with Crippen LogP contribution in [0, 0.1) is 0 Å². The molecule has 186 valence electrons. The van der Waals surface area contributed by atoms with E-state index in [0.717, 1.165) is 6.92 Å². The van der Waals surface area contributed by atoms with E-state index in [4.69, 9.17) is 4.74 Å². The van der Waals surface area contributed by atoms with E-state index in [1.54, 1.807) is 42.5 Å². The molecule has 1 N–H and O–H groups in total. The molecule has 4 aromatic rings. The van der Waals surface area contributed by atoms with E-state index in [2.05, 4.69) is 0 Å². The number of halogens is 3. The molecule has 1 unspecified atom stereocenters. The fraction of sp³-hybridized carbons (Fsp3) is 0.143. The SMILES string of the molecule is CC(Cc1ccc(Oc2ccc(S(=O)(=O)c3ccccc3)cc2)cc1)(c1ccc(O)cc1)C(F)(F)F. The number of aromatic hydroxyl groups is 1. The van der Waals surface area contributed by atoms with Gasteiger partial charge in [0, 0.05) is 0 Å². The first kappa shape index (κ1) is 25.3. The molecule has 8 heteroatoms. The minimum absolute atomic E-state index is 0.0543. The average Bonchev–Trinajstić information content (AvgIpc) is 2.86. The molecule has 0 saturated heterocycles. The number of sulfone groups is 1. The van der Waals surface area contributed by atoms with Crippen LogP contribution in [-0.2, 0) is 21.7 Å². The third-order valence-electron chi connectivity index (χ3n) is 6.03. The number of hydrogen-bond acceptors (Lipinski definition) is 4. The molecular formula is C28H23F3O4S. The molecule has 4 nitrogen and oxygen atoms in total. The van der Waals surface area contributed by atoms with E-state index in [9.17, 15) is 26.7 Å². The highest BCUT2D eigenvalue weighted by atomic mass is 32.2. The van der Waals surface area contributed by atoms with Crippen LogP contribution in [0.3, 0.4) is 0 Å².